The van der Waals surface area contributed by atoms with Crippen molar-refractivity contribution >= 4 is 32.8 Å². The molecule has 0 saturated heterocycles. The van der Waals surface area contributed by atoms with Crippen LogP contribution in [0.1, 0.15) is 5.56 Å². The van der Waals surface area contributed by atoms with Crippen molar-refractivity contribution in [3.8, 4) is 0 Å². The molecule has 0 saturated carbocycles. The predicted molar refractivity (Wildman–Crippen MR) is 64.6 cm³/mol. The van der Waals surface area contributed by atoms with Crippen molar-refractivity contribution in [3.63, 3.8) is 0 Å². The summed E-state index contributed by atoms with van der Waals surface area (Å²) in [5, 5.41) is 3.31. The van der Waals surface area contributed by atoms with Gasteiger partial charge in [-0.25, -0.2) is 0 Å². The van der Waals surface area contributed by atoms with E-state index in [0.717, 1.165) is 5.33 Å². The summed E-state index contributed by atoms with van der Waals surface area (Å²) < 4.78 is 0. The topological polar surface area (TPSA) is 12.9 Å². The van der Waals surface area contributed by atoms with Gasteiger partial charge in [0.25, 0.3) is 0 Å². The van der Waals surface area contributed by atoms with Gasteiger partial charge in [0.15, 0.2) is 0 Å². The number of allylic oxidation sites excluding steroid dienone is 1. The van der Waals surface area contributed by atoms with Gasteiger partial charge in [-0.1, -0.05) is 52.3 Å². The Labute approximate surface area is 91.6 Å². The number of alkyl halides is 1. The zero-order valence-corrected chi connectivity index (χ0v) is 9.24. The van der Waals surface area contributed by atoms with Gasteiger partial charge in [0.05, 0.1) is 0 Å². The second-order valence-electron chi connectivity index (χ2n) is 3.01. The Hall–Kier alpha value is -1.15. The first-order chi connectivity index (χ1) is 6.92. The monoisotopic (exact) mass is 247 g/mol. The Morgan fingerprint density at radius 2 is 2.07 bits per heavy atom. The fraction of sp³-hybridized carbons (Fsp3) is 0.0833. The van der Waals surface area contributed by atoms with Crippen LogP contribution in [-0.4, -0.2) is 10.3 Å². The summed E-state index contributed by atoms with van der Waals surface area (Å²) in [6.45, 7) is 0. The molecule has 1 aromatic carbocycles. The van der Waals surface area contributed by atoms with Crippen LogP contribution in [0.25, 0.3) is 16.8 Å². The molecular weight excluding hydrogens is 238 g/mol. The molecule has 0 unspecified atom stereocenters. The van der Waals surface area contributed by atoms with Crippen LogP contribution >= 0.6 is 15.9 Å². The Kier molecular flexibility index (Phi) is 2.94. The molecule has 0 atom stereocenters. The van der Waals surface area contributed by atoms with E-state index < -0.39 is 0 Å². The van der Waals surface area contributed by atoms with Gasteiger partial charge in [-0.05, 0) is 5.39 Å². The highest BCUT2D eigenvalue weighted by Crippen LogP contribution is 2.17. The lowest BCUT2D eigenvalue weighted by Gasteiger charge is -2.00. The van der Waals surface area contributed by atoms with Gasteiger partial charge in [-0.2, -0.15) is 0 Å². The summed E-state index contributed by atoms with van der Waals surface area (Å²) in [4.78, 5) is 4.20. The van der Waals surface area contributed by atoms with Crippen molar-refractivity contribution in [2.75, 3.05) is 5.33 Å². The lowest BCUT2D eigenvalue weighted by atomic mass is 10.1. The maximum absolute atomic E-state index is 4.20. The third-order valence-corrected chi connectivity index (χ3v) is 2.46. The third-order valence-electron chi connectivity index (χ3n) is 2.09. The van der Waals surface area contributed by atoms with Crippen molar-refractivity contribution in [1.82, 2.24) is 4.98 Å². The van der Waals surface area contributed by atoms with Crippen molar-refractivity contribution < 1.29 is 0 Å². The molecule has 0 fully saturated rings. The van der Waals surface area contributed by atoms with Gasteiger partial charge in [0, 0.05) is 28.7 Å². The highest BCUT2D eigenvalue weighted by molar-refractivity contribution is 9.09. The minimum atomic E-state index is 0.871. The number of rotatable bonds is 2. The number of fused-ring (bicyclic) bond motifs is 1. The second-order valence-corrected chi connectivity index (χ2v) is 3.65. The van der Waals surface area contributed by atoms with E-state index in [1.807, 2.05) is 24.5 Å². The summed E-state index contributed by atoms with van der Waals surface area (Å²) in [6.07, 6.45) is 7.94. The molecule has 14 heavy (non-hydrogen) atoms. The quantitative estimate of drug-likeness (QED) is 0.739. The molecule has 0 N–H and O–H groups in total. The highest BCUT2D eigenvalue weighted by atomic mass is 79.9. The molecule has 1 heterocycles. The molecule has 0 aliphatic heterocycles. The van der Waals surface area contributed by atoms with Crippen molar-refractivity contribution in [2.24, 2.45) is 0 Å². The van der Waals surface area contributed by atoms with Crippen LogP contribution in [0.5, 0.6) is 0 Å². The molecule has 0 spiro atoms. The first-order valence-corrected chi connectivity index (χ1v) is 5.59. The fourth-order valence-electron chi connectivity index (χ4n) is 1.44. The molecule has 0 aliphatic rings. The SMILES string of the molecule is BrCC=Cc1cncc2ccccc12. The fourth-order valence-corrected chi connectivity index (χ4v) is 1.63. The van der Waals surface area contributed by atoms with Gasteiger partial charge in [-0.3, -0.25) is 4.98 Å². The minimum Gasteiger partial charge on any atom is -0.263 e. The van der Waals surface area contributed by atoms with E-state index >= 15 is 0 Å². The summed E-state index contributed by atoms with van der Waals surface area (Å²) in [5.41, 5.74) is 1.17. The maximum atomic E-state index is 4.20. The first-order valence-electron chi connectivity index (χ1n) is 4.47. The normalized spacial score (nSPS) is 11.2. The molecule has 2 aromatic rings. The van der Waals surface area contributed by atoms with Crippen molar-refractivity contribution in [2.45, 2.75) is 0 Å². The maximum Gasteiger partial charge on any atom is 0.0346 e. The number of hydrogen-bond donors (Lipinski definition) is 0. The summed E-state index contributed by atoms with van der Waals surface area (Å²) in [5.74, 6) is 0. The van der Waals surface area contributed by atoms with Crippen LogP contribution < -0.4 is 0 Å². The van der Waals surface area contributed by atoms with Crippen LogP contribution in [0.3, 0.4) is 0 Å². The van der Waals surface area contributed by atoms with E-state index in [2.05, 4.69) is 45.2 Å². The molecule has 2 rings (SSSR count). The zero-order chi connectivity index (χ0) is 9.80. The van der Waals surface area contributed by atoms with E-state index in [4.69, 9.17) is 0 Å². The summed E-state index contributed by atoms with van der Waals surface area (Å²) in [7, 11) is 0. The molecule has 0 radical (unpaired) electrons. The number of halogens is 1. The first kappa shape index (κ1) is 9.41. The van der Waals surface area contributed by atoms with Crippen LogP contribution in [0.4, 0.5) is 0 Å². The van der Waals surface area contributed by atoms with Crippen LogP contribution in [0.15, 0.2) is 42.7 Å². The van der Waals surface area contributed by atoms with Gasteiger partial charge >= 0.3 is 0 Å². The van der Waals surface area contributed by atoms with E-state index in [9.17, 15) is 0 Å². The number of pyridine rings is 1. The van der Waals surface area contributed by atoms with E-state index in [1.54, 1.807) is 0 Å². The van der Waals surface area contributed by atoms with Gasteiger partial charge < -0.3 is 0 Å². The van der Waals surface area contributed by atoms with E-state index in [0.29, 0.717) is 0 Å². The molecule has 0 aliphatic carbocycles. The zero-order valence-electron chi connectivity index (χ0n) is 7.65. The average Bonchev–Trinajstić information content (AvgIpc) is 2.26. The standard InChI is InChI=1S/C12H10BrN/c13-7-3-5-11-9-14-8-10-4-1-2-6-12(10)11/h1-6,8-9H,7H2. The van der Waals surface area contributed by atoms with Crippen molar-refractivity contribution in [1.29, 1.82) is 0 Å². The smallest absolute Gasteiger partial charge is 0.0346 e. The second kappa shape index (κ2) is 4.38. The van der Waals surface area contributed by atoms with E-state index in [-0.39, 0.29) is 0 Å². The molecular formula is C12H10BrN. The van der Waals surface area contributed by atoms with Crippen LogP contribution in [-0.2, 0) is 0 Å². The third kappa shape index (κ3) is 1.85. The lowest BCUT2D eigenvalue weighted by Crippen LogP contribution is -1.80. The number of benzene rings is 1. The number of hydrogen-bond acceptors (Lipinski definition) is 1. The molecule has 0 amide bonds. The number of nitrogens with zero attached hydrogens (tertiary/aromatic N) is 1. The van der Waals surface area contributed by atoms with Gasteiger partial charge in [0.2, 0.25) is 0 Å². The van der Waals surface area contributed by atoms with Crippen LogP contribution in [0, 0.1) is 0 Å². The number of aromatic nitrogens is 1. The van der Waals surface area contributed by atoms with Gasteiger partial charge in [0.1, 0.15) is 0 Å². The summed E-state index contributed by atoms with van der Waals surface area (Å²) >= 11 is 3.36. The molecule has 70 valence electrons. The molecule has 2 heteroatoms. The average molecular weight is 248 g/mol. The highest BCUT2D eigenvalue weighted by Gasteiger charge is 1.96. The molecule has 1 aromatic heterocycles. The summed E-state index contributed by atoms with van der Waals surface area (Å²) in [6, 6.07) is 8.27. The lowest BCUT2D eigenvalue weighted by molar-refractivity contribution is 1.35. The Morgan fingerprint density at radius 3 is 2.93 bits per heavy atom. The largest absolute Gasteiger partial charge is 0.263 e. The Morgan fingerprint density at radius 1 is 1.21 bits per heavy atom. The van der Waals surface area contributed by atoms with Crippen LogP contribution in [0.2, 0.25) is 0 Å². The molecule has 1 nitrogen and oxygen atoms in total. The van der Waals surface area contributed by atoms with Gasteiger partial charge in [-0.15, -0.1) is 0 Å². The molecule has 0 bridgehead atoms. The predicted octanol–water partition coefficient (Wildman–Crippen LogP) is 3.64. The van der Waals surface area contributed by atoms with E-state index in [1.165, 1.54) is 16.3 Å². The minimum absolute atomic E-state index is 0.871. The Balaban J connectivity index is 2.59. The Bertz CT molecular complexity index is 457. The van der Waals surface area contributed by atoms with Crippen molar-refractivity contribution in [3.05, 3.63) is 48.3 Å².